The van der Waals surface area contributed by atoms with Gasteiger partial charge in [-0.1, -0.05) is 13.8 Å². The van der Waals surface area contributed by atoms with E-state index in [-0.39, 0.29) is 11.7 Å². The van der Waals surface area contributed by atoms with Crippen molar-refractivity contribution >= 4 is 5.78 Å². The predicted octanol–water partition coefficient (Wildman–Crippen LogP) is 3.23. The lowest BCUT2D eigenvalue weighted by Gasteiger charge is -2.09. The topological polar surface area (TPSA) is 26.3 Å². The number of aryl methyl sites for hydroxylation is 1. The standard InChI is InChI=1S/C13H18O2/c1-5-15-12-7-10(4)6-11(8-12)13(14)9(2)3/h6-9H,5H2,1-4H3. The Balaban J connectivity index is 3.03. The summed E-state index contributed by atoms with van der Waals surface area (Å²) in [5, 5.41) is 0. The molecular weight excluding hydrogens is 188 g/mol. The minimum Gasteiger partial charge on any atom is -0.494 e. The van der Waals surface area contributed by atoms with Crippen molar-refractivity contribution in [2.24, 2.45) is 5.92 Å². The third-order valence-corrected chi connectivity index (χ3v) is 2.17. The van der Waals surface area contributed by atoms with Crippen LogP contribution in [-0.2, 0) is 0 Å². The quantitative estimate of drug-likeness (QED) is 0.707. The molecule has 0 aromatic heterocycles. The normalized spacial score (nSPS) is 10.5. The first-order valence-electron chi connectivity index (χ1n) is 5.33. The molecule has 0 heterocycles. The Kier molecular flexibility index (Phi) is 3.89. The zero-order chi connectivity index (χ0) is 11.4. The summed E-state index contributed by atoms with van der Waals surface area (Å²) in [6, 6.07) is 5.67. The van der Waals surface area contributed by atoms with Gasteiger partial charge >= 0.3 is 0 Å². The molecule has 0 aliphatic heterocycles. The molecule has 1 aromatic carbocycles. The Morgan fingerprint density at radius 3 is 2.53 bits per heavy atom. The van der Waals surface area contributed by atoms with E-state index in [2.05, 4.69) is 0 Å². The third-order valence-electron chi connectivity index (χ3n) is 2.17. The van der Waals surface area contributed by atoms with Gasteiger partial charge in [0.05, 0.1) is 6.61 Å². The summed E-state index contributed by atoms with van der Waals surface area (Å²) in [7, 11) is 0. The summed E-state index contributed by atoms with van der Waals surface area (Å²) in [5.41, 5.74) is 1.80. The third kappa shape index (κ3) is 3.08. The molecule has 0 aliphatic carbocycles. The van der Waals surface area contributed by atoms with Crippen LogP contribution in [0.1, 0.15) is 36.7 Å². The minimum atomic E-state index is 0.0290. The Labute approximate surface area is 91.3 Å². The summed E-state index contributed by atoms with van der Waals surface area (Å²) in [6.45, 7) is 8.35. The first-order valence-corrected chi connectivity index (χ1v) is 5.33. The highest BCUT2D eigenvalue weighted by molar-refractivity contribution is 5.97. The van der Waals surface area contributed by atoms with Gasteiger partial charge in [-0.3, -0.25) is 4.79 Å². The highest BCUT2D eigenvalue weighted by Gasteiger charge is 2.11. The molecule has 0 amide bonds. The summed E-state index contributed by atoms with van der Waals surface area (Å²) in [5.74, 6) is 0.974. The first-order chi connectivity index (χ1) is 7.04. The molecule has 0 unspecified atom stereocenters. The maximum Gasteiger partial charge on any atom is 0.165 e. The van der Waals surface area contributed by atoms with Gasteiger partial charge in [-0.25, -0.2) is 0 Å². The van der Waals surface area contributed by atoms with Crippen molar-refractivity contribution in [3.63, 3.8) is 0 Å². The monoisotopic (exact) mass is 206 g/mol. The molecule has 0 bridgehead atoms. The molecule has 0 fully saturated rings. The highest BCUT2D eigenvalue weighted by Crippen LogP contribution is 2.19. The Hall–Kier alpha value is -1.31. The van der Waals surface area contributed by atoms with Gasteiger partial charge in [0.1, 0.15) is 5.75 Å². The van der Waals surface area contributed by atoms with Gasteiger partial charge in [-0.05, 0) is 37.6 Å². The molecule has 0 saturated carbocycles. The molecule has 1 aromatic rings. The van der Waals surface area contributed by atoms with Gasteiger partial charge in [-0.15, -0.1) is 0 Å². The van der Waals surface area contributed by atoms with E-state index in [1.165, 1.54) is 0 Å². The number of hydrogen-bond donors (Lipinski definition) is 0. The zero-order valence-electron chi connectivity index (χ0n) is 9.83. The van der Waals surface area contributed by atoms with Crippen LogP contribution in [0.2, 0.25) is 0 Å². The van der Waals surface area contributed by atoms with Crippen LogP contribution in [0.15, 0.2) is 18.2 Å². The molecule has 1 rings (SSSR count). The molecule has 82 valence electrons. The molecule has 0 radical (unpaired) electrons. The van der Waals surface area contributed by atoms with Gasteiger partial charge in [0.25, 0.3) is 0 Å². The first kappa shape index (κ1) is 11.8. The largest absolute Gasteiger partial charge is 0.494 e. The van der Waals surface area contributed by atoms with Crippen LogP contribution in [0, 0.1) is 12.8 Å². The molecule has 0 N–H and O–H groups in total. The SMILES string of the molecule is CCOc1cc(C)cc(C(=O)C(C)C)c1. The van der Waals surface area contributed by atoms with Crippen molar-refractivity contribution in [1.82, 2.24) is 0 Å². The van der Waals surface area contributed by atoms with E-state index >= 15 is 0 Å². The van der Waals surface area contributed by atoms with E-state index in [1.807, 2.05) is 45.9 Å². The zero-order valence-corrected chi connectivity index (χ0v) is 9.83. The fourth-order valence-electron chi connectivity index (χ4n) is 1.47. The van der Waals surface area contributed by atoms with Gasteiger partial charge in [0.2, 0.25) is 0 Å². The number of carbonyl (C=O) groups is 1. The number of ether oxygens (including phenoxy) is 1. The summed E-state index contributed by atoms with van der Waals surface area (Å²) in [4.78, 5) is 11.8. The van der Waals surface area contributed by atoms with E-state index in [1.54, 1.807) is 0 Å². The van der Waals surface area contributed by atoms with Crippen molar-refractivity contribution in [2.75, 3.05) is 6.61 Å². The van der Waals surface area contributed by atoms with Crippen LogP contribution in [0.25, 0.3) is 0 Å². The predicted molar refractivity (Wildman–Crippen MR) is 61.5 cm³/mol. The lowest BCUT2D eigenvalue weighted by atomic mass is 9.99. The van der Waals surface area contributed by atoms with Crippen molar-refractivity contribution in [1.29, 1.82) is 0 Å². The van der Waals surface area contributed by atoms with E-state index in [4.69, 9.17) is 4.74 Å². The van der Waals surface area contributed by atoms with Crippen LogP contribution in [0.5, 0.6) is 5.75 Å². The smallest absolute Gasteiger partial charge is 0.165 e. The molecule has 0 aliphatic rings. The van der Waals surface area contributed by atoms with Crippen LogP contribution in [0.4, 0.5) is 0 Å². The number of rotatable bonds is 4. The molecule has 2 heteroatoms. The average molecular weight is 206 g/mol. The number of benzene rings is 1. The lowest BCUT2D eigenvalue weighted by molar-refractivity contribution is 0.0939. The second kappa shape index (κ2) is 4.96. The van der Waals surface area contributed by atoms with Crippen molar-refractivity contribution < 1.29 is 9.53 Å². The number of hydrogen-bond acceptors (Lipinski definition) is 2. The summed E-state index contributed by atoms with van der Waals surface area (Å²) >= 11 is 0. The molecule has 2 nitrogen and oxygen atoms in total. The fraction of sp³-hybridized carbons (Fsp3) is 0.462. The van der Waals surface area contributed by atoms with Crippen molar-refractivity contribution in [2.45, 2.75) is 27.7 Å². The van der Waals surface area contributed by atoms with Crippen molar-refractivity contribution in [3.05, 3.63) is 29.3 Å². The van der Waals surface area contributed by atoms with Crippen molar-refractivity contribution in [3.8, 4) is 5.75 Å². The molecular formula is C13H18O2. The minimum absolute atomic E-state index is 0.0290. The molecule has 15 heavy (non-hydrogen) atoms. The Morgan fingerprint density at radius 1 is 1.33 bits per heavy atom. The molecule has 0 saturated heterocycles. The van der Waals surface area contributed by atoms with E-state index in [9.17, 15) is 4.79 Å². The summed E-state index contributed by atoms with van der Waals surface area (Å²) < 4.78 is 5.41. The second-order valence-corrected chi connectivity index (χ2v) is 3.99. The lowest BCUT2D eigenvalue weighted by Crippen LogP contribution is -2.08. The van der Waals surface area contributed by atoms with Crippen LogP contribution in [-0.4, -0.2) is 12.4 Å². The van der Waals surface area contributed by atoms with Gasteiger partial charge < -0.3 is 4.74 Å². The fourth-order valence-corrected chi connectivity index (χ4v) is 1.47. The van der Waals surface area contributed by atoms with Gasteiger partial charge in [0, 0.05) is 11.5 Å². The number of ketones is 1. The van der Waals surface area contributed by atoms with Gasteiger partial charge in [-0.2, -0.15) is 0 Å². The van der Waals surface area contributed by atoms with Crippen LogP contribution in [0.3, 0.4) is 0 Å². The summed E-state index contributed by atoms with van der Waals surface area (Å²) in [6.07, 6.45) is 0. The Morgan fingerprint density at radius 2 is 2.00 bits per heavy atom. The maximum absolute atomic E-state index is 11.8. The highest BCUT2D eigenvalue weighted by atomic mass is 16.5. The molecule has 0 atom stereocenters. The van der Waals surface area contributed by atoms with E-state index in [0.29, 0.717) is 6.61 Å². The van der Waals surface area contributed by atoms with E-state index < -0.39 is 0 Å². The second-order valence-electron chi connectivity index (χ2n) is 3.99. The van der Waals surface area contributed by atoms with Gasteiger partial charge in [0.15, 0.2) is 5.78 Å². The average Bonchev–Trinajstić information content (AvgIpc) is 2.16. The van der Waals surface area contributed by atoms with E-state index in [0.717, 1.165) is 16.9 Å². The molecule has 0 spiro atoms. The maximum atomic E-state index is 11.8. The number of Topliss-reactive ketones (excluding diaryl/α,β-unsaturated/α-hetero) is 1. The van der Waals surface area contributed by atoms with Crippen LogP contribution >= 0.6 is 0 Å². The Bertz CT molecular complexity index is 354. The number of carbonyl (C=O) groups excluding carboxylic acids is 1. The van der Waals surface area contributed by atoms with Crippen LogP contribution < -0.4 is 4.74 Å².